The summed E-state index contributed by atoms with van der Waals surface area (Å²) < 4.78 is 89.7. The number of alkyl halides is 2. The van der Waals surface area contributed by atoms with Gasteiger partial charge in [0, 0.05) is 42.5 Å². The molecular formula is C32H26F3N3O8S. The Bertz CT molecular complexity index is 2160. The number of rotatable bonds is 9. The van der Waals surface area contributed by atoms with Gasteiger partial charge in [-0.1, -0.05) is 12.1 Å². The van der Waals surface area contributed by atoms with Crippen molar-refractivity contribution in [3.05, 3.63) is 77.6 Å². The van der Waals surface area contributed by atoms with E-state index in [9.17, 15) is 27.1 Å². The van der Waals surface area contributed by atoms with Gasteiger partial charge in [0.1, 0.15) is 23.3 Å². The zero-order chi connectivity index (χ0) is 33.8. The van der Waals surface area contributed by atoms with Crippen LogP contribution in [0.2, 0.25) is 0 Å². The van der Waals surface area contributed by atoms with E-state index in [0.717, 1.165) is 12.3 Å². The van der Waals surface area contributed by atoms with Gasteiger partial charge in [0.25, 0.3) is 6.47 Å². The van der Waals surface area contributed by atoms with Gasteiger partial charge in [-0.15, -0.1) is 8.78 Å². The third-order valence-electron chi connectivity index (χ3n) is 7.57. The Hall–Kier alpha value is -5.15. The van der Waals surface area contributed by atoms with E-state index in [1.54, 1.807) is 49.8 Å². The average Bonchev–Trinajstić information content (AvgIpc) is 3.68. The summed E-state index contributed by atoms with van der Waals surface area (Å²) in [7, 11) is -2.26. The standard InChI is InChI=1S/C32H26F3N3O8S/c1-16(43-15-40)25-13-26(38(3)37-25)21-7-5-18(20-10-24(33)23(14-39)29(12-20)47(4,41)42)9-22(21)31-30(36-17(2)44-31)19-6-8-27-28(11-19)46-32(34,35)45-27/h5-13,15-16,39H,14H2,1-4H3. The summed E-state index contributed by atoms with van der Waals surface area (Å²) in [5.41, 5.74) is 2.73. The van der Waals surface area contributed by atoms with Crippen molar-refractivity contribution in [2.24, 2.45) is 7.05 Å². The lowest BCUT2D eigenvalue weighted by atomic mass is 9.93. The molecule has 6 rings (SSSR count). The fourth-order valence-electron chi connectivity index (χ4n) is 5.39. The molecule has 47 heavy (non-hydrogen) atoms. The minimum atomic E-state index is -3.93. The lowest BCUT2D eigenvalue weighted by Gasteiger charge is -2.14. The number of aromatic nitrogens is 3. The smallest absolute Gasteiger partial charge is 0.458 e. The van der Waals surface area contributed by atoms with Crippen molar-refractivity contribution >= 4 is 16.3 Å². The van der Waals surface area contributed by atoms with E-state index >= 15 is 4.39 Å². The van der Waals surface area contributed by atoms with Gasteiger partial charge < -0.3 is 23.7 Å². The minimum Gasteiger partial charge on any atom is -0.458 e. The average molecular weight is 670 g/mol. The molecule has 5 aromatic rings. The van der Waals surface area contributed by atoms with Gasteiger partial charge in [-0.2, -0.15) is 5.10 Å². The first kappa shape index (κ1) is 31.8. The molecule has 1 aliphatic rings. The van der Waals surface area contributed by atoms with Gasteiger partial charge in [0.2, 0.25) is 0 Å². The molecule has 3 aromatic carbocycles. The number of carbonyl (C=O) groups is 1. The van der Waals surface area contributed by atoms with Crippen LogP contribution in [0, 0.1) is 12.7 Å². The van der Waals surface area contributed by atoms with Crippen LogP contribution in [0.3, 0.4) is 0 Å². The molecule has 1 aliphatic heterocycles. The molecule has 0 saturated heterocycles. The molecule has 0 aliphatic carbocycles. The highest BCUT2D eigenvalue weighted by Gasteiger charge is 2.43. The summed E-state index contributed by atoms with van der Waals surface area (Å²) in [4.78, 5) is 15.1. The number of carbonyl (C=O) groups excluding carboxylic acids is 1. The number of aliphatic hydroxyl groups is 1. The zero-order valence-corrected chi connectivity index (χ0v) is 26.1. The molecule has 0 radical (unpaired) electrons. The number of oxazole rings is 1. The van der Waals surface area contributed by atoms with Gasteiger partial charge in [-0.25, -0.2) is 17.8 Å². The van der Waals surface area contributed by atoms with E-state index in [-0.39, 0.29) is 44.9 Å². The normalized spacial score (nSPS) is 14.3. The minimum absolute atomic E-state index is 0.160. The van der Waals surface area contributed by atoms with Crippen molar-refractivity contribution < 1.29 is 50.1 Å². The number of sulfone groups is 1. The highest BCUT2D eigenvalue weighted by atomic mass is 32.2. The zero-order valence-electron chi connectivity index (χ0n) is 25.2. The SMILES string of the molecule is Cc1nc(-c2ccc3c(c2)OC(F)(F)O3)c(-c2cc(-c3cc(F)c(CO)c(S(C)(=O)=O)c3)ccc2-c2cc(C(C)OC=O)nn2C)o1. The topological polar surface area (TPSA) is 143 Å². The van der Waals surface area contributed by atoms with Crippen molar-refractivity contribution in [1.29, 1.82) is 0 Å². The Morgan fingerprint density at radius 1 is 1.02 bits per heavy atom. The van der Waals surface area contributed by atoms with E-state index in [1.165, 1.54) is 24.3 Å². The predicted octanol–water partition coefficient (Wildman–Crippen LogP) is 5.97. The first-order valence-electron chi connectivity index (χ1n) is 14.0. The van der Waals surface area contributed by atoms with E-state index in [0.29, 0.717) is 40.1 Å². The molecule has 2 aromatic heterocycles. The number of nitrogens with zero attached hydrogens (tertiary/aromatic N) is 3. The Morgan fingerprint density at radius 2 is 1.74 bits per heavy atom. The number of aryl methyl sites for hydroxylation is 2. The summed E-state index contributed by atoms with van der Waals surface area (Å²) in [5, 5.41) is 14.2. The van der Waals surface area contributed by atoms with Gasteiger partial charge in [-0.3, -0.25) is 9.48 Å². The quantitative estimate of drug-likeness (QED) is 0.186. The molecular weight excluding hydrogens is 643 g/mol. The number of aliphatic hydroxyl groups excluding tert-OH is 1. The molecule has 0 bridgehead atoms. The van der Waals surface area contributed by atoms with Crippen LogP contribution in [-0.2, 0) is 33.0 Å². The molecule has 15 heteroatoms. The molecule has 0 spiro atoms. The maximum absolute atomic E-state index is 15.2. The van der Waals surface area contributed by atoms with E-state index in [2.05, 4.69) is 19.6 Å². The third kappa shape index (κ3) is 5.94. The van der Waals surface area contributed by atoms with Crippen LogP contribution in [0.1, 0.15) is 30.2 Å². The molecule has 1 unspecified atom stereocenters. The fourth-order valence-corrected chi connectivity index (χ4v) is 6.34. The first-order chi connectivity index (χ1) is 22.2. The Balaban J connectivity index is 1.58. The van der Waals surface area contributed by atoms with Crippen LogP contribution in [-0.4, -0.2) is 47.3 Å². The summed E-state index contributed by atoms with van der Waals surface area (Å²) in [6.07, 6.45) is -3.59. The molecule has 0 amide bonds. The Morgan fingerprint density at radius 3 is 2.45 bits per heavy atom. The van der Waals surface area contributed by atoms with Gasteiger partial charge in [-0.05, 0) is 60.5 Å². The van der Waals surface area contributed by atoms with Gasteiger partial charge >= 0.3 is 6.29 Å². The Kier molecular flexibility index (Phi) is 7.84. The number of fused-ring (bicyclic) bond motifs is 1. The van der Waals surface area contributed by atoms with E-state index in [4.69, 9.17) is 9.15 Å². The number of benzene rings is 3. The van der Waals surface area contributed by atoms with Crippen molar-refractivity contribution in [2.45, 2.75) is 37.7 Å². The number of ether oxygens (including phenoxy) is 3. The lowest BCUT2D eigenvalue weighted by Crippen LogP contribution is -2.25. The molecule has 244 valence electrons. The van der Waals surface area contributed by atoms with Gasteiger partial charge in [0.05, 0.1) is 17.2 Å². The highest BCUT2D eigenvalue weighted by Crippen LogP contribution is 2.46. The summed E-state index contributed by atoms with van der Waals surface area (Å²) in [5.74, 6) is -0.857. The highest BCUT2D eigenvalue weighted by molar-refractivity contribution is 7.90. The molecule has 3 heterocycles. The Labute approximate surface area is 266 Å². The summed E-state index contributed by atoms with van der Waals surface area (Å²) >= 11 is 0. The molecule has 11 nitrogen and oxygen atoms in total. The maximum atomic E-state index is 15.2. The van der Waals surface area contributed by atoms with Crippen LogP contribution in [0.5, 0.6) is 11.5 Å². The molecule has 1 atom stereocenters. The molecule has 0 fully saturated rings. The lowest BCUT2D eigenvalue weighted by molar-refractivity contribution is -0.286. The van der Waals surface area contributed by atoms with Crippen molar-refractivity contribution in [1.82, 2.24) is 14.8 Å². The van der Waals surface area contributed by atoms with Crippen LogP contribution >= 0.6 is 0 Å². The van der Waals surface area contributed by atoms with E-state index in [1.807, 2.05) is 0 Å². The largest absolute Gasteiger partial charge is 0.586 e. The molecule has 1 N–H and O–H groups in total. The van der Waals surface area contributed by atoms with Crippen LogP contribution < -0.4 is 9.47 Å². The van der Waals surface area contributed by atoms with Crippen molar-refractivity contribution in [2.75, 3.05) is 6.26 Å². The first-order valence-corrected chi connectivity index (χ1v) is 15.9. The summed E-state index contributed by atoms with van der Waals surface area (Å²) in [6, 6.07) is 13.2. The monoisotopic (exact) mass is 669 g/mol. The van der Waals surface area contributed by atoms with Crippen molar-refractivity contribution in [3.8, 4) is 56.5 Å². The van der Waals surface area contributed by atoms with Crippen LogP contribution in [0.15, 0.2) is 63.9 Å². The van der Waals surface area contributed by atoms with E-state index < -0.39 is 34.7 Å². The fraction of sp³-hybridized carbons (Fsp3) is 0.219. The second-order valence-corrected chi connectivity index (χ2v) is 12.8. The number of hydrogen-bond acceptors (Lipinski definition) is 10. The summed E-state index contributed by atoms with van der Waals surface area (Å²) in [6.45, 7) is 2.74. The maximum Gasteiger partial charge on any atom is 0.586 e. The number of halogens is 3. The van der Waals surface area contributed by atoms with Crippen LogP contribution in [0.25, 0.3) is 45.0 Å². The third-order valence-corrected chi connectivity index (χ3v) is 8.73. The van der Waals surface area contributed by atoms with Crippen molar-refractivity contribution in [3.63, 3.8) is 0 Å². The molecule has 0 saturated carbocycles. The second kappa shape index (κ2) is 11.6. The number of hydrogen-bond donors (Lipinski definition) is 1. The van der Waals surface area contributed by atoms with Crippen LogP contribution in [0.4, 0.5) is 13.2 Å². The van der Waals surface area contributed by atoms with Gasteiger partial charge in [0.15, 0.2) is 33.0 Å². The predicted molar refractivity (Wildman–Crippen MR) is 161 cm³/mol. The second-order valence-electron chi connectivity index (χ2n) is 10.8.